The lowest BCUT2D eigenvalue weighted by Crippen LogP contribution is -2.50. The van der Waals surface area contributed by atoms with Crippen LogP contribution in [0.5, 0.6) is 0 Å². The highest BCUT2D eigenvalue weighted by Crippen LogP contribution is 2.40. The summed E-state index contributed by atoms with van der Waals surface area (Å²) in [6, 6.07) is 2.07. The molecule has 1 aromatic rings. The molecule has 1 aliphatic carbocycles. The van der Waals surface area contributed by atoms with Gasteiger partial charge in [0.05, 0.1) is 5.60 Å². The highest BCUT2D eigenvalue weighted by Gasteiger charge is 2.44. The molecule has 0 aromatic carbocycles. The Kier molecular flexibility index (Phi) is 4.95. The maximum Gasteiger partial charge on any atom is 0.223 e. The summed E-state index contributed by atoms with van der Waals surface area (Å²) in [4.78, 5) is 22.8. The Balaban J connectivity index is 1.63. The van der Waals surface area contributed by atoms with Crippen LogP contribution in [0.15, 0.2) is 18.6 Å². The minimum Gasteiger partial charge on any atom is -0.390 e. The average molecular weight is 317 g/mol. The zero-order valence-electron chi connectivity index (χ0n) is 13.9. The van der Waals surface area contributed by atoms with E-state index in [9.17, 15) is 9.90 Å². The summed E-state index contributed by atoms with van der Waals surface area (Å²) in [5, 5.41) is 10.7. The lowest BCUT2D eigenvalue weighted by molar-refractivity contribution is -0.136. The molecule has 1 aromatic heterocycles. The predicted octanol–water partition coefficient (Wildman–Crippen LogP) is 2.34. The summed E-state index contributed by atoms with van der Waals surface area (Å²) < 4.78 is 0. The summed E-state index contributed by atoms with van der Waals surface area (Å²) in [5.74, 6) is 0.425. The highest BCUT2D eigenvalue weighted by molar-refractivity contribution is 5.77. The molecule has 0 spiro atoms. The van der Waals surface area contributed by atoms with E-state index in [-0.39, 0.29) is 17.9 Å². The molecule has 1 amide bonds. The molecule has 2 fully saturated rings. The molecule has 23 heavy (non-hydrogen) atoms. The van der Waals surface area contributed by atoms with Crippen molar-refractivity contribution in [3.63, 3.8) is 0 Å². The fourth-order valence-corrected chi connectivity index (χ4v) is 4.32. The van der Waals surface area contributed by atoms with E-state index in [0.717, 1.165) is 44.3 Å². The van der Waals surface area contributed by atoms with Gasteiger partial charge in [-0.2, -0.15) is 0 Å². The van der Waals surface area contributed by atoms with Gasteiger partial charge in [0.2, 0.25) is 5.91 Å². The molecule has 0 radical (unpaired) electrons. The van der Waals surface area contributed by atoms with Crippen LogP contribution < -0.4 is 0 Å². The van der Waals surface area contributed by atoms with E-state index >= 15 is 0 Å². The molecule has 5 nitrogen and oxygen atoms in total. The molecule has 1 N–H and O–H groups in total. The minimum absolute atomic E-state index is 0.201. The quantitative estimate of drug-likeness (QED) is 0.925. The number of hydrogen-bond donors (Lipinski definition) is 1. The largest absolute Gasteiger partial charge is 0.390 e. The molecule has 2 aliphatic rings. The average Bonchev–Trinajstić information content (AvgIpc) is 3.02. The molecule has 2 heterocycles. The van der Waals surface area contributed by atoms with Crippen LogP contribution in [0.4, 0.5) is 0 Å². The van der Waals surface area contributed by atoms with Gasteiger partial charge >= 0.3 is 0 Å². The highest BCUT2D eigenvalue weighted by atomic mass is 16.3. The number of nitrogens with zero attached hydrogens (tertiary/aromatic N) is 3. The fraction of sp³-hybridized carbons (Fsp3) is 0.722. The number of aryl methyl sites for hydroxylation is 1. The topological polar surface area (TPSA) is 66.3 Å². The molecule has 126 valence electrons. The number of likely N-dealkylation sites (tertiary alicyclic amines) is 1. The number of amides is 1. The van der Waals surface area contributed by atoms with Crippen molar-refractivity contribution in [1.29, 1.82) is 0 Å². The first-order chi connectivity index (χ1) is 11.1. The van der Waals surface area contributed by atoms with Crippen LogP contribution in [-0.4, -0.2) is 44.1 Å². The molecule has 5 heteroatoms. The van der Waals surface area contributed by atoms with E-state index in [2.05, 4.69) is 9.97 Å². The van der Waals surface area contributed by atoms with Gasteiger partial charge in [-0.15, -0.1) is 0 Å². The van der Waals surface area contributed by atoms with Crippen molar-refractivity contribution in [2.75, 3.05) is 6.54 Å². The molecule has 1 aliphatic heterocycles. The summed E-state index contributed by atoms with van der Waals surface area (Å²) >= 11 is 0. The third kappa shape index (κ3) is 3.71. The van der Waals surface area contributed by atoms with Crippen LogP contribution in [0.3, 0.4) is 0 Å². The Labute approximate surface area is 138 Å². The van der Waals surface area contributed by atoms with Gasteiger partial charge in [-0.3, -0.25) is 4.79 Å². The minimum atomic E-state index is -0.627. The molecule has 1 saturated heterocycles. The van der Waals surface area contributed by atoms with Crippen molar-refractivity contribution in [3.05, 3.63) is 24.3 Å². The zero-order chi connectivity index (χ0) is 16.3. The van der Waals surface area contributed by atoms with Crippen molar-refractivity contribution in [3.8, 4) is 0 Å². The van der Waals surface area contributed by atoms with Crippen molar-refractivity contribution < 1.29 is 9.90 Å². The Hall–Kier alpha value is -1.49. The normalized spacial score (nSPS) is 31.3. The van der Waals surface area contributed by atoms with E-state index < -0.39 is 5.60 Å². The number of carbonyl (C=O) groups excluding carboxylic acids is 1. The van der Waals surface area contributed by atoms with Crippen molar-refractivity contribution in [2.45, 2.75) is 69.9 Å². The van der Waals surface area contributed by atoms with Crippen molar-refractivity contribution >= 4 is 5.91 Å². The van der Waals surface area contributed by atoms with Crippen molar-refractivity contribution in [1.82, 2.24) is 14.9 Å². The van der Waals surface area contributed by atoms with Crippen LogP contribution in [0.2, 0.25) is 0 Å². The predicted molar refractivity (Wildman–Crippen MR) is 87.7 cm³/mol. The Morgan fingerprint density at radius 1 is 1.39 bits per heavy atom. The molecule has 0 bridgehead atoms. The third-order valence-electron chi connectivity index (χ3n) is 5.57. The molecule has 0 unspecified atom stereocenters. The van der Waals surface area contributed by atoms with E-state index in [4.69, 9.17) is 0 Å². The van der Waals surface area contributed by atoms with Gasteiger partial charge in [0.15, 0.2) is 0 Å². The Bertz CT molecular complexity index is 532. The summed E-state index contributed by atoms with van der Waals surface area (Å²) in [6.45, 7) is 2.79. The first-order valence-corrected chi connectivity index (χ1v) is 8.85. The van der Waals surface area contributed by atoms with Gasteiger partial charge in [0.1, 0.15) is 6.33 Å². The zero-order valence-corrected chi connectivity index (χ0v) is 13.9. The number of rotatable bonds is 4. The second-order valence-corrected chi connectivity index (χ2v) is 7.21. The molecule has 1 saturated carbocycles. The van der Waals surface area contributed by atoms with Gasteiger partial charge in [0, 0.05) is 36.8 Å². The second kappa shape index (κ2) is 6.95. The van der Waals surface area contributed by atoms with Crippen LogP contribution in [0.25, 0.3) is 0 Å². The molecular formula is C18H27N3O2. The Morgan fingerprint density at radius 2 is 2.26 bits per heavy atom. The van der Waals surface area contributed by atoms with Crippen LogP contribution in [0, 0.1) is 5.92 Å². The second-order valence-electron chi connectivity index (χ2n) is 7.21. The van der Waals surface area contributed by atoms with E-state index in [1.807, 2.05) is 17.9 Å². The molecule has 3 rings (SSSR count). The number of hydrogen-bond acceptors (Lipinski definition) is 4. The van der Waals surface area contributed by atoms with Crippen molar-refractivity contribution in [2.24, 2.45) is 5.92 Å². The Morgan fingerprint density at radius 3 is 3.00 bits per heavy atom. The van der Waals surface area contributed by atoms with E-state index in [1.54, 1.807) is 6.20 Å². The lowest BCUT2D eigenvalue weighted by atomic mass is 9.72. The summed E-state index contributed by atoms with van der Waals surface area (Å²) in [5.41, 5.74) is 0.284. The first kappa shape index (κ1) is 16.4. The van der Waals surface area contributed by atoms with Crippen LogP contribution in [-0.2, 0) is 11.2 Å². The number of aliphatic hydroxyl groups is 1. The molecule has 3 atom stereocenters. The number of aromatic nitrogens is 2. The summed E-state index contributed by atoms with van der Waals surface area (Å²) in [6.07, 6.45) is 10.6. The SMILES string of the molecule is C[C@]1(O)CCCC[C@@H]1[C@H]1CCCN1C(=O)CCc1ccncn1. The maximum atomic E-state index is 12.7. The van der Waals surface area contributed by atoms with E-state index in [1.165, 1.54) is 12.7 Å². The van der Waals surface area contributed by atoms with Crippen LogP contribution >= 0.6 is 0 Å². The smallest absolute Gasteiger partial charge is 0.223 e. The van der Waals surface area contributed by atoms with Gasteiger partial charge in [-0.05, 0) is 45.1 Å². The van der Waals surface area contributed by atoms with E-state index in [0.29, 0.717) is 12.8 Å². The summed E-state index contributed by atoms with van der Waals surface area (Å²) in [7, 11) is 0. The van der Waals surface area contributed by atoms with Gasteiger partial charge in [-0.25, -0.2) is 9.97 Å². The first-order valence-electron chi connectivity index (χ1n) is 8.85. The number of carbonyl (C=O) groups is 1. The maximum absolute atomic E-state index is 12.7. The monoisotopic (exact) mass is 317 g/mol. The third-order valence-corrected chi connectivity index (χ3v) is 5.57. The van der Waals surface area contributed by atoms with Crippen LogP contribution in [0.1, 0.15) is 57.6 Å². The lowest BCUT2D eigenvalue weighted by Gasteiger charge is -2.43. The van der Waals surface area contributed by atoms with Gasteiger partial charge in [0.25, 0.3) is 0 Å². The fourth-order valence-electron chi connectivity index (χ4n) is 4.32. The molecular weight excluding hydrogens is 290 g/mol. The standard InChI is InChI=1S/C18H27N3O2/c1-18(23)10-3-2-5-15(18)16-6-4-12-21(16)17(22)8-7-14-9-11-19-13-20-14/h9,11,13,15-16,23H,2-8,10,12H2,1H3/t15-,16-,18+/m1/s1. The van der Waals surface area contributed by atoms with Gasteiger partial charge < -0.3 is 10.0 Å². The van der Waals surface area contributed by atoms with Gasteiger partial charge in [-0.1, -0.05) is 12.8 Å².